The summed E-state index contributed by atoms with van der Waals surface area (Å²) in [5, 5.41) is 12.4. The van der Waals surface area contributed by atoms with Gasteiger partial charge in [-0.05, 0) is 18.8 Å². The number of nitrogens with one attached hydrogen (secondary N) is 1. The van der Waals surface area contributed by atoms with E-state index >= 15 is 0 Å². The van der Waals surface area contributed by atoms with Crippen molar-refractivity contribution in [3.63, 3.8) is 0 Å². The third-order valence-corrected chi connectivity index (χ3v) is 3.14. The molecule has 0 aliphatic carbocycles. The zero-order valence-electron chi connectivity index (χ0n) is 10.7. The lowest BCUT2D eigenvalue weighted by Crippen LogP contribution is -2.54. The summed E-state index contributed by atoms with van der Waals surface area (Å²) in [6, 6.07) is 0. The predicted molar refractivity (Wildman–Crippen MR) is 63.7 cm³/mol. The quantitative estimate of drug-likeness (QED) is 0.707. The number of methoxy groups -OCH3 is 1. The summed E-state index contributed by atoms with van der Waals surface area (Å²) < 4.78 is 10.2. The van der Waals surface area contributed by atoms with Gasteiger partial charge < -0.3 is 19.9 Å². The van der Waals surface area contributed by atoms with Crippen LogP contribution >= 0.6 is 0 Å². The van der Waals surface area contributed by atoms with Crippen molar-refractivity contribution in [1.82, 2.24) is 5.32 Å². The minimum absolute atomic E-state index is 0.0227. The second-order valence-electron chi connectivity index (χ2n) is 4.86. The summed E-state index contributed by atoms with van der Waals surface area (Å²) in [5.74, 6) is 0.168. The van der Waals surface area contributed by atoms with Gasteiger partial charge in [-0.3, -0.25) is 4.79 Å². The number of amides is 1. The third-order valence-electron chi connectivity index (χ3n) is 3.14. The van der Waals surface area contributed by atoms with Crippen LogP contribution in [0.4, 0.5) is 0 Å². The number of aliphatic hydroxyl groups excluding tert-OH is 1. The highest BCUT2D eigenvalue weighted by atomic mass is 16.5. The molecule has 100 valence electrons. The van der Waals surface area contributed by atoms with Crippen LogP contribution in [0.15, 0.2) is 0 Å². The molecule has 0 aromatic heterocycles. The molecule has 17 heavy (non-hydrogen) atoms. The second-order valence-corrected chi connectivity index (χ2v) is 4.86. The zero-order chi connectivity index (χ0) is 12.7. The normalized spacial score (nSPS) is 20.9. The molecular formula is C12H23NO4. The van der Waals surface area contributed by atoms with Crippen LogP contribution in [0.1, 0.15) is 26.2 Å². The van der Waals surface area contributed by atoms with Gasteiger partial charge in [0.05, 0.1) is 12.1 Å². The van der Waals surface area contributed by atoms with Crippen molar-refractivity contribution in [3.05, 3.63) is 0 Å². The highest BCUT2D eigenvalue weighted by Crippen LogP contribution is 2.20. The van der Waals surface area contributed by atoms with Crippen LogP contribution < -0.4 is 5.32 Å². The first-order chi connectivity index (χ1) is 8.12. The van der Waals surface area contributed by atoms with Crippen LogP contribution in [0.5, 0.6) is 0 Å². The number of carbonyl (C=O) groups excluding carboxylic acids is 1. The lowest BCUT2D eigenvalue weighted by atomic mass is 9.90. The molecule has 0 bridgehead atoms. The largest absolute Gasteiger partial charge is 0.394 e. The molecule has 1 aliphatic heterocycles. The van der Waals surface area contributed by atoms with E-state index in [1.54, 1.807) is 7.11 Å². The third kappa shape index (κ3) is 4.61. The van der Waals surface area contributed by atoms with Crippen LogP contribution in [0.3, 0.4) is 0 Å². The van der Waals surface area contributed by atoms with E-state index in [0.717, 1.165) is 0 Å². The number of carbonyl (C=O) groups is 1. The Morgan fingerprint density at radius 2 is 2.18 bits per heavy atom. The van der Waals surface area contributed by atoms with Gasteiger partial charge in [0.1, 0.15) is 0 Å². The van der Waals surface area contributed by atoms with Crippen molar-refractivity contribution in [2.24, 2.45) is 5.92 Å². The smallest absolute Gasteiger partial charge is 0.220 e. The Morgan fingerprint density at radius 3 is 2.71 bits per heavy atom. The van der Waals surface area contributed by atoms with Crippen molar-refractivity contribution in [2.45, 2.75) is 31.7 Å². The topological polar surface area (TPSA) is 67.8 Å². The van der Waals surface area contributed by atoms with E-state index in [1.807, 2.05) is 6.92 Å². The fourth-order valence-electron chi connectivity index (χ4n) is 2.09. The molecule has 0 saturated carbocycles. The standard InChI is InChI=1S/C12H23NO4/c1-10(8-16-2)7-11(15)13-12(9-14)3-5-17-6-4-12/h10,14H,3-9H2,1-2H3,(H,13,15). The number of hydrogen-bond acceptors (Lipinski definition) is 4. The van der Waals surface area contributed by atoms with Crippen LogP contribution in [0.2, 0.25) is 0 Å². The summed E-state index contributed by atoms with van der Waals surface area (Å²) >= 11 is 0. The van der Waals surface area contributed by atoms with Crippen molar-refractivity contribution >= 4 is 5.91 Å². The van der Waals surface area contributed by atoms with Crippen molar-refractivity contribution in [3.8, 4) is 0 Å². The number of rotatable bonds is 6. The van der Waals surface area contributed by atoms with E-state index in [4.69, 9.17) is 9.47 Å². The van der Waals surface area contributed by atoms with Gasteiger partial charge in [0.15, 0.2) is 0 Å². The molecule has 1 unspecified atom stereocenters. The fourth-order valence-corrected chi connectivity index (χ4v) is 2.09. The molecular weight excluding hydrogens is 222 g/mol. The summed E-state index contributed by atoms with van der Waals surface area (Å²) in [5.41, 5.74) is -0.484. The van der Waals surface area contributed by atoms with E-state index < -0.39 is 5.54 Å². The number of hydrogen-bond donors (Lipinski definition) is 2. The molecule has 5 nitrogen and oxygen atoms in total. The average Bonchev–Trinajstić information content (AvgIpc) is 2.30. The molecule has 5 heteroatoms. The Labute approximate surface area is 102 Å². The first-order valence-corrected chi connectivity index (χ1v) is 6.10. The Kier molecular flexibility index (Phi) is 5.88. The second kappa shape index (κ2) is 6.93. The molecule has 1 amide bonds. The maximum absolute atomic E-state index is 11.8. The molecule has 1 saturated heterocycles. The molecule has 0 spiro atoms. The van der Waals surface area contributed by atoms with E-state index in [0.29, 0.717) is 39.1 Å². The van der Waals surface area contributed by atoms with Gasteiger partial charge in [0.25, 0.3) is 0 Å². The lowest BCUT2D eigenvalue weighted by molar-refractivity contribution is -0.126. The van der Waals surface area contributed by atoms with E-state index in [2.05, 4.69) is 5.32 Å². The van der Waals surface area contributed by atoms with Gasteiger partial charge in [0.2, 0.25) is 5.91 Å². The highest BCUT2D eigenvalue weighted by Gasteiger charge is 2.33. The monoisotopic (exact) mass is 245 g/mol. The highest BCUT2D eigenvalue weighted by molar-refractivity contribution is 5.77. The van der Waals surface area contributed by atoms with Crippen LogP contribution in [0.25, 0.3) is 0 Å². The first kappa shape index (κ1) is 14.4. The van der Waals surface area contributed by atoms with E-state index in [-0.39, 0.29) is 18.4 Å². The molecule has 1 aliphatic rings. The maximum Gasteiger partial charge on any atom is 0.220 e. The summed E-state index contributed by atoms with van der Waals surface area (Å²) in [7, 11) is 1.63. The molecule has 1 atom stereocenters. The van der Waals surface area contributed by atoms with Crippen molar-refractivity contribution in [2.75, 3.05) is 33.5 Å². The Morgan fingerprint density at radius 1 is 1.53 bits per heavy atom. The predicted octanol–water partition coefficient (Wildman–Crippen LogP) is 0.317. The molecule has 0 radical (unpaired) electrons. The minimum atomic E-state index is -0.484. The van der Waals surface area contributed by atoms with Crippen molar-refractivity contribution < 1.29 is 19.4 Å². The minimum Gasteiger partial charge on any atom is -0.394 e. The van der Waals surface area contributed by atoms with Crippen molar-refractivity contribution in [1.29, 1.82) is 0 Å². The summed E-state index contributed by atoms with van der Waals surface area (Å²) in [6.45, 7) is 3.70. The van der Waals surface area contributed by atoms with Gasteiger partial charge in [-0.2, -0.15) is 0 Å². The maximum atomic E-state index is 11.8. The Balaban J connectivity index is 2.41. The molecule has 0 aromatic carbocycles. The van der Waals surface area contributed by atoms with E-state index in [1.165, 1.54) is 0 Å². The Bertz CT molecular complexity index is 239. The lowest BCUT2D eigenvalue weighted by Gasteiger charge is -2.36. The average molecular weight is 245 g/mol. The molecule has 1 heterocycles. The fraction of sp³-hybridized carbons (Fsp3) is 0.917. The van der Waals surface area contributed by atoms with Gasteiger partial charge >= 0.3 is 0 Å². The van der Waals surface area contributed by atoms with Crippen LogP contribution in [0, 0.1) is 5.92 Å². The molecule has 1 rings (SSSR count). The zero-order valence-corrected chi connectivity index (χ0v) is 10.7. The van der Waals surface area contributed by atoms with Gasteiger partial charge in [-0.1, -0.05) is 6.92 Å². The molecule has 2 N–H and O–H groups in total. The van der Waals surface area contributed by atoms with Crippen LogP contribution in [-0.4, -0.2) is 50.1 Å². The molecule has 0 aromatic rings. The van der Waals surface area contributed by atoms with Gasteiger partial charge in [-0.25, -0.2) is 0 Å². The molecule has 1 fully saturated rings. The summed E-state index contributed by atoms with van der Waals surface area (Å²) in [6.07, 6.45) is 1.78. The van der Waals surface area contributed by atoms with Crippen LogP contribution in [-0.2, 0) is 14.3 Å². The number of ether oxygens (including phenoxy) is 2. The SMILES string of the molecule is COCC(C)CC(=O)NC1(CO)CCOCC1. The van der Waals surface area contributed by atoms with E-state index in [9.17, 15) is 9.90 Å². The first-order valence-electron chi connectivity index (χ1n) is 6.10. The number of aliphatic hydroxyl groups is 1. The van der Waals surface area contributed by atoms with Gasteiger partial charge in [0, 0.05) is 33.4 Å². The summed E-state index contributed by atoms with van der Waals surface area (Å²) in [4.78, 5) is 11.8. The van der Waals surface area contributed by atoms with Gasteiger partial charge in [-0.15, -0.1) is 0 Å². The Hall–Kier alpha value is -0.650.